The third-order valence-electron chi connectivity index (χ3n) is 5.79. The van der Waals surface area contributed by atoms with Gasteiger partial charge in [-0.2, -0.15) is 5.26 Å². The smallest absolute Gasteiger partial charge is 0.270 e. The minimum Gasteiger partial charge on any atom is -0.357 e. The van der Waals surface area contributed by atoms with Gasteiger partial charge in [0.25, 0.3) is 11.5 Å². The molecule has 2 saturated heterocycles. The van der Waals surface area contributed by atoms with Gasteiger partial charge in [-0.3, -0.25) is 19.1 Å². The molecule has 0 spiro atoms. The summed E-state index contributed by atoms with van der Waals surface area (Å²) in [7, 11) is 0. The normalized spacial score (nSPS) is 22.9. The minimum atomic E-state index is -0.278. The zero-order chi connectivity index (χ0) is 22.9. The molecule has 0 N–H and O–H groups in total. The average molecular weight is 457 g/mol. The van der Waals surface area contributed by atoms with E-state index in [1.807, 2.05) is 13.0 Å². The van der Waals surface area contributed by atoms with E-state index in [1.165, 1.54) is 16.7 Å². The first-order chi connectivity index (χ1) is 14.7. The Morgan fingerprint density at radius 3 is 2.48 bits per heavy atom. The Morgan fingerprint density at radius 2 is 1.94 bits per heavy atom. The maximum absolute atomic E-state index is 13.1. The summed E-state index contributed by atoms with van der Waals surface area (Å²) in [6.07, 6.45) is 4.59. The van der Waals surface area contributed by atoms with Gasteiger partial charge in [-0.1, -0.05) is 43.9 Å². The van der Waals surface area contributed by atoms with Crippen molar-refractivity contribution in [2.75, 3.05) is 24.5 Å². The summed E-state index contributed by atoms with van der Waals surface area (Å²) in [5, 5.41) is 9.69. The van der Waals surface area contributed by atoms with Crippen molar-refractivity contribution in [1.29, 1.82) is 5.26 Å². The van der Waals surface area contributed by atoms with Crippen LogP contribution in [0.1, 0.15) is 43.9 Å². The quantitative estimate of drug-likeness (QED) is 0.380. The second-order valence-electron chi connectivity index (χ2n) is 8.33. The Hall–Kier alpha value is -2.37. The summed E-state index contributed by atoms with van der Waals surface area (Å²) in [4.78, 5) is 30.3. The average Bonchev–Trinajstić information content (AvgIpc) is 2.97. The molecule has 164 valence electrons. The molecule has 2 unspecified atom stereocenters. The topological polar surface area (TPSA) is 69.3 Å². The lowest BCUT2D eigenvalue weighted by Crippen LogP contribution is -2.42. The van der Waals surface area contributed by atoms with E-state index in [9.17, 15) is 14.9 Å². The van der Waals surface area contributed by atoms with Crippen molar-refractivity contribution in [2.45, 2.75) is 40.7 Å². The fraction of sp³-hybridized carbons (Fsp3) is 0.478. The molecule has 0 aromatic carbocycles. The molecule has 1 amide bonds. The van der Waals surface area contributed by atoms with E-state index >= 15 is 0 Å². The molecule has 1 aromatic rings. The molecule has 2 aliphatic rings. The molecule has 3 rings (SSSR count). The number of rotatable bonds is 5. The van der Waals surface area contributed by atoms with E-state index in [-0.39, 0.29) is 17.0 Å². The Bertz CT molecular complexity index is 1060. The van der Waals surface area contributed by atoms with Crippen LogP contribution in [-0.4, -0.2) is 39.3 Å². The monoisotopic (exact) mass is 456 g/mol. The number of carbonyl (C=O) groups is 1. The van der Waals surface area contributed by atoms with Gasteiger partial charge in [0.1, 0.15) is 21.8 Å². The van der Waals surface area contributed by atoms with Crippen molar-refractivity contribution in [3.63, 3.8) is 0 Å². The van der Waals surface area contributed by atoms with Crippen LogP contribution in [0.25, 0.3) is 6.08 Å². The number of anilines is 1. The molecule has 0 bridgehead atoms. The highest BCUT2D eigenvalue weighted by Crippen LogP contribution is 2.37. The number of thioether (sulfide) groups is 1. The largest absolute Gasteiger partial charge is 0.357 e. The molecule has 31 heavy (non-hydrogen) atoms. The second kappa shape index (κ2) is 9.41. The van der Waals surface area contributed by atoms with Gasteiger partial charge in [-0.05, 0) is 43.7 Å². The number of thiocarbonyl (C=S) groups is 1. The van der Waals surface area contributed by atoms with Gasteiger partial charge in [0.2, 0.25) is 0 Å². The first-order valence-electron chi connectivity index (χ1n) is 10.5. The Morgan fingerprint density at radius 1 is 1.29 bits per heavy atom. The highest BCUT2D eigenvalue weighted by molar-refractivity contribution is 8.26. The SMILES string of the molecule is C=CCN1C(=O)/C(=C\c2c(C)c(C#N)c(=O)n(CC)c2N2CC(C)CC(C)C2)SC1=S. The van der Waals surface area contributed by atoms with Crippen LogP contribution >= 0.6 is 24.0 Å². The Balaban J connectivity index is 2.25. The fourth-order valence-electron chi connectivity index (χ4n) is 4.53. The molecule has 0 radical (unpaired) electrons. The van der Waals surface area contributed by atoms with Gasteiger partial charge in [0, 0.05) is 31.7 Å². The number of aromatic nitrogens is 1. The van der Waals surface area contributed by atoms with Gasteiger partial charge in [0.05, 0.1) is 4.91 Å². The molecule has 0 saturated carbocycles. The van der Waals surface area contributed by atoms with Crippen molar-refractivity contribution in [3.8, 4) is 6.07 Å². The van der Waals surface area contributed by atoms with Crippen LogP contribution < -0.4 is 10.5 Å². The van der Waals surface area contributed by atoms with Gasteiger partial charge in [0.15, 0.2) is 0 Å². The van der Waals surface area contributed by atoms with E-state index in [1.54, 1.807) is 17.6 Å². The first kappa shape index (κ1) is 23.3. The number of carbonyl (C=O) groups excluding carboxylic acids is 1. The van der Waals surface area contributed by atoms with Crippen molar-refractivity contribution >= 4 is 46.1 Å². The fourth-order valence-corrected chi connectivity index (χ4v) is 5.79. The summed E-state index contributed by atoms with van der Waals surface area (Å²) < 4.78 is 2.16. The molecular formula is C23H28N4O2S2. The summed E-state index contributed by atoms with van der Waals surface area (Å²) in [6, 6.07) is 2.08. The van der Waals surface area contributed by atoms with Gasteiger partial charge < -0.3 is 4.90 Å². The molecular weight excluding hydrogens is 428 g/mol. The highest BCUT2D eigenvalue weighted by Gasteiger charge is 2.33. The molecule has 6 nitrogen and oxygen atoms in total. The maximum atomic E-state index is 13.1. The lowest BCUT2D eigenvalue weighted by molar-refractivity contribution is -0.121. The van der Waals surface area contributed by atoms with E-state index in [2.05, 4.69) is 31.4 Å². The van der Waals surface area contributed by atoms with Crippen LogP contribution in [0.5, 0.6) is 0 Å². The van der Waals surface area contributed by atoms with E-state index in [0.29, 0.717) is 39.7 Å². The number of nitrogens with zero attached hydrogens (tertiary/aromatic N) is 4. The van der Waals surface area contributed by atoms with Gasteiger partial charge >= 0.3 is 0 Å². The molecule has 3 heterocycles. The van der Waals surface area contributed by atoms with E-state index in [4.69, 9.17) is 12.2 Å². The molecule has 2 aliphatic heterocycles. The number of hydrogen-bond acceptors (Lipinski definition) is 6. The molecule has 2 atom stereocenters. The van der Waals surface area contributed by atoms with Crippen molar-refractivity contribution < 1.29 is 4.79 Å². The number of pyridine rings is 1. The Labute approximate surface area is 193 Å². The van der Waals surface area contributed by atoms with E-state index in [0.717, 1.165) is 30.9 Å². The Kier molecular flexibility index (Phi) is 7.07. The van der Waals surface area contributed by atoms with Crippen LogP contribution in [0.2, 0.25) is 0 Å². The van der Waals surface area contributed by atoms with Crippen LogP contribution in [0, 0.1) is 30.1 Å². The number of amides is 1. The summed E-state index contributed by atoms with van der Waals surface area (Å²) in [5.41, 5.74) is 1.20. The van der Waals surface area contributed by atoms with Crippen molar-refractivity contribution in [3.05, 3.63) is 44.6 Å². The first-order valence-corrected chi connectivity index (χ1v) is 11.7. The highest BCUT2D eigenvalue weighted by atomic mass is 32.2. The number of nitriles is 1. The van der Waals surface area contributed by atoms with Crippen LogP contribution in [0.15, 0.2) is 22.4 Å². The number of piperidine rings is 1. The summed E-state index contributed by atoms with van der Waals surface area (Å²) in [5.74, 6) is 1.59. The van der Waals surface area contributed by atoms with Crippen LogP contribution in [0.3, 0.4) is 0 Å². The van der Waals surface area contributed by atoms with Crippen molar-refractivity contribution in [1.82, 2.24) is 9.47 Å². The zero-order valence-electron chi connectivity index (χ0n) is 18.5. The molecule has 1 aromatic heterocycles. The van der Waals surface area contributed by atoms with Gasteiger partial charge in [-0.25, -0.2) is 0 Å². The predicted octanol–water partition coefficient (Wildman–Crippen LogP) is 3.92. The number of hydrogen-bond donors (Lipinski definition) is 0. The van der Waals surface area contributed by atoms with Crippen LogP contribution in [-0.2, 0) is 11.3 Å². The predicted molar refractivity (Wildman–Crippen MR) is 131 cm³/mol. The minimum absolute atomic E-state index is 0.122. The van der Waals surface area contributed by atoms with Crippen LogP contribution in [0.4, 0.5) is 5.82 Å². The zero-order valence-corrected chi connectivity index (χ0v) is 20.1. The third kappa shape index (κ3) is 4.35. The molecule has 8 heteroatoms. The van der Waals surface area contributed by atoms with Crippen molar-refractivity contribution in [2.24, 2.45) is 11.8 Å². The molecule has 0 aliphatic carbocycles. The molecule has 2 fully saturated rings. The maximum Gasteiger partial charge on any atom is 0.270 e. The lowest BCUT2D eigenvalue weighted by atomic mass is 9.91. The van der Waals surface area contributed by atoms with E-state index < -0.39 is 0 Å². The van der Waals surface area contributed by atoms with Gasteiger partial charge in [-0.15, -0.1) is 6.58 Å². The third-order valence-corrected chi connectivity index (χ3v) is 7.17. The lowest BCUT2D eigenvalue weighted by Gasteiger charge is -2.38. The second-order valence-corrected chi connectivity index (χ2v) is 10.0. The standard InChI is InChI=1S/C23H28N4O2S2/c1-6-8-27-22(29)19(31-23(27)30)10-17-16(5)18(11-24)21(28)26(7-2)20(17)25-12-14(3)9-15(4)13-25/h6,10,14-15H,1,7-9,12-13H2,2-5H3/b19-10+. The summed E-state index contributed by atoms with van der Waals surface area (Å²) >= 11 is 6.62. The summed E-state index contributed by atoms with van der Waals surface area (Å²) in [6.45, 7) is 14.3.